The fourth-order valence-electron chi connectivity index (χ4n) is 1.26. The average molecular weight is 303 g/mol. The molecule has 84 valence electrons. The number of nitrogens with zero attached hydrogens (tertiary/aromatic N) is 2. The molecular formula is C10H9BrClN3O. The SMILES string of the molecule is NCCc1noc(-c2cccc(Br)c2Cl)n1. The molecule has 16 heavy (non-hydrogen) atoms. The van der Waals surface area contributed by atoms with Gasteiger partial charge in [-0.25, -0.2) is 0 Å². The Morgan fingerprint density at radius 1 is 1.44 bits per heavy atom. The second-order valence-corrected chi connectivity index (χ2v) is 4.39. The van der Waals surface area contributed by atoms with Crippen LogP contribution < -0.4 is 5.73 Å². The molecule has 0 unspecified atom stereocenters. The zero-order valence-electron chi connectivity index (χ0n) is 8.28. The van der Waals surface area contributed by atoms with E-state index >= 15 is 0 Å². The van der Waals surface area contributed by atoms with Gasteiger partial charge in [0.25, 0.3) is 5.89 Å². The van der Waals surface area contributed by atoms with E-state index in [1.165, 1.54) is 0 Å². The summed E-state index contributed by atoms with van der Waals surface area (Å²) in [4.78, 5) is 4.21. The molecule has 0 aliphatic carbocycles. The van der Waals surface area contributed by atoms with Crippen LogP contribution in [0.1, 0.15) is 5.82 Å². The van der Waals surface area contributed by atoms with Gasteiger partial charge >= 0.3 is 0 Å². The van der Waals surface area contributed by atoms with Crippen molar-refractivity contribution in [1.29, 1.82) is 0 Å². The topological polar surface area (TPSA) is 64.9 Å². The molecular weight excluding hydrogens is 293 g/mol. The molecule has 2 rings (SSSR count). The van der Waals surface area contributed by atoms with Crippen molar-refractivity contribution in [3.05, 3.63) is 33.5 Å². The number of aromatic nitrogens is 2. The standard InChI is InChI=1S/C10H9BrClN3O/c11-7-3-1-2-6(9(7)12)10-14-8(4-5-13)15-16-10/h1-3H,4-5,13H2. The summed E-state index contributed by atoms with van der Waals surface area (Å²) < 4.78 is 5.91. The van der Waals surface area contributed by atoms with Crippen LogP contribution in [-0.2, 0) is 6.42 Å². The number of halogens is 2. The molecule has 0 radical (unpaired) electrons. The quantitative estimate of drug-likeness (QED) is 0.946. The Balaban J connectivity index is 2.39. The summed E-state index contributed by atoms with van der Waals surface area (Å²) in [5.41, 5.74) is 6.12. The minimum Gasteiger partial charge on any atom is -0.334 e. The van der Waals surface area contributed by atoms with Crippen molar-refractivity contribution in [2.75, 3.05) is 6.54 Å². The lowest BCUT2D eigenvalue weighted by atomic mass is 10.2. The molecule has 1 aromatic heterocycles. The summed E-state index contributed by atoms with van der Waals surface area (Å²) in [6, 6.07) is 5.54. The predicted molar refractivity (Wildman–Crippen MR) is 65.2 cm³/mol. The molecule has 0 amide bonds. The molecule has 0 fully saturated rings. The molecule has 0 saturated heterocycles. The second kappa shape index (κ2) is 4.95. The van der Waals surface area contributed by atoms with Gasteiger partial charge in [0.15, 0.2) is 5.82 Å². The molecule has 2 N–H and O–H groups in total. The zero-order valence-corrected chi connectivity index (χ0v) is 10.6. The number of nitrogens with two attached hydrogens (primary N) is 1. The molecule has 4 nitrogen and oxygen atoms in total. The number of benzene rings is 1. The normalized spacial score (nSPS) is 10.7. The molecule has 0 aliphatic heterocycles. The number of hydrogen-bond donors (Lipinski definition) is 1. The smallest absolute Gasteiger partial charge is 0.259 e. The third-order valence-corrected chi connectivity index (χ3v) is 3.31. The molecule has 0 atom stereocenters. The first-order valence-electron chi connectivity index (χ1n) is 4.69. The van der Waals surface area contributed by atoms with Crippen LogP contribution in [0, 0.1) is 0 Å². The molecule has 0 saturated carbocycles. The van der Waals surface area contributed by atoms with Crippen molar-refractivity contribution in [3.63, 3.8) is 0 Å². The van der Waals surface area contributed by atoms with Crippen LogP contribution >= 0.6 is 27.5 Å². The van der Waals surface area contributed by atoms with E-state index in [0.717, 1.165) is 4.47 Å². The Hall–Kier alpha value is -0.910. The fourth-order valence-corrected chi connectivity index (χ4v) is 1.84. The highest BCUT2D eigenvalue weighted by atomic mass is 79.9. The van der Waals surface area contributed by atoms with E-state index in [1.54, 1.807) is 0 Å². The third-order valence-electron chi connectivity index (χ3n) is 2.02. The predicted octanol–water partition coefficient (Wildman–Crippen LogP) is 2.65. The molecule has 0 spiro atoms. The maximum atomic E-state index is 6.11. The van der Waals surface area contributed by atoms with Gasteiger partial charge in [-0.05, 0) is 34.6 Å². The average Bonchev–Trinajstić information content (AvgIpc) is 2.71. The molecule has 1 aromatic carbocycles. The Morgan fingerprint density at radius 3 is 3.00 bits per heavy atom. The third kappa shape index (κ3) is 2.26. The van der Waals surface area contributed by atoms with E-state index in [0.29, 0.717) is 35.3 Å². The first kappa shape index (κ1) is 11.6. The highest BCUT2D eigenvalue weighted by molar-refractivity contribution is 9.10. The highest BCUT2D eigenvalue weighted by Crippen LogP contribution is 2.32. The van der Waals surface area contributed by atoms with Gasteiger partial charge in [0, 0.05) is 10.9 Å². The molecule has 2 aromatic rings. The Labute approximate surface area is 106 Å². The van der Waals surface area contributed by atoms with Crippen molar-refractivity contribution >= 4 is 27.5 Å². The lowest BCUT2D eigenvalue weighted by molar-refractivity contribution is 0.422. The van der Waals surface area contributed by atoms with Gasteiger partial charge in [0.1, 0.15) is 0 Å². The van der Waals surface area contributed by atoms with Crippen molar-refractivity contribution in [2.24, 2.45) is 5.73 Å². The summed E-state index contributed by atoms with van der Waals surface area (Å²) in [7, 11) is 0. The summed E-state index contributed by atoms with van der Waals surface area (Å²) in [5, 5.41) is 4.37. The van der Waals surface area contributed by atoms with Crippen LogP contribution in [0.3, 0.4) is 0 Å². The van der Waals surface area contributed by atoms with Gasteiger partial charge in [0.2, 0.25) is 0 Å². The molecule has 0 aliphatic rings. The van der Waals surface area contributed by atoms with E-state index in [9.17, 15) is 0 Å². The first-order valence-corrected chi connectivity index (χ1v) is 5.86. The van der Waals surface area contributed by atoms with Crippen LogP contribution in [0.15, 0.2) is 27.2 Å². The minimum atomic E-state index is 0.412. The van der Waals surface area contributed by atoms with E-state index < -0.39 is 0 Å². The van der Waals surface area contributed by atoms with Gasteiger partial charge in [0.05, 0.1) is 10.6 Å². The van der Waals surface area contributed by atoms with Gasteiger partial charge < -0.3 is 10.3 Å². The van der Waals surface area contributed by atoms with Crippen molar-refractivity contribution in [1.82, 2.24) is 10.1 Å². The molecule has 6 heteroatoms. The summed E-state index contributed by atoms with van der Waals surface area (Å²) in [5.74, 6) is 1.00. The zero-order chi connectivity index (χ0) is 11.5. The maximum Gasteiger partial charge on any atom is 0.259 e. The monoisotopic (exact) mass is 301 g/mol. The van der Waals surface area contributed by atoms with E-state index in [4.69, 9.17) is 21.9 Å². The van der Waals surface area contributed by atoms with Crippen LogP contribution in [0.25, 0.3) is 11.5 Å². The van der Waals surface area contributed by atoms with Gasteiger partial charge in [-0.15, -0.1) is 0 Å². The maximum absolute atomic E-state index is 6.11. The van der Waals surface area contributed by atoms with E-state index in [-0.39, 0.29) is 0 Å². The summed E-state index contributed by atoms with van der Waals surface area (Å²) >= 11 is 9.45. The van der Waals surface area contributed by atoms with E-state index in [2.05, 4.69) is 26.1 Å². The van der Waals surface area contributed by atoms with Crippen molar-refractivity contribution in [3.8, 4) is 11.5 Å². The minimum absolute atomic E-state index is 0.412. The van der Waals surface area contributed by atoms with Gasteiger partial charge in [-0.2, -0.15) is 4.98 Å². The second-order valence-electron chi connectivity index (χ2n) is 3.16. The Kier molecular flexibility index (Phi) is 3.58. The number of rotatable bonds is 3. The lowest BCUT2D eigenvalue weighted by Gasteiger charge is -1.99. The van der Waals surface area contributed by atoms with Gasteiger partial charge in [-0.3, -0.25) is 0 Å². The Morgan fingerprint density at radius 2 is 2.25 bits per heavy atom. The summed E-state index contributed by atoms with van der Waals surface area (Å²) in [6.45, 7) is 0.491. The van der Waals surface area contributed by atoms with Crippen LogP contribution in [0.5, 0.6) is 0 Å². The lowest BCUT2D eigenvalue weighted by Crippen LogP contribution is -2.03. The largest absolute Gasteiger partial charge is 0.334 e. The number of hydrogen-bond acceptors (Lipinski definition) is 4. The Bertz CT molecular complexity index is 501. The highest BCUT2D eigenvalue weighted by Gasteiger charge is 2.13. The first-order chi connectivity index (χ1) is 7.72. The molecule has 1 heterocycles. The molecule has 0 bridgehead atoms. The summed E-state index contributed by atoms with van der Waals surface area (Å²) in [6.07, 6.45) is 0.592. The van der Waals surface area contributed by atoms with Crippen LogP contribution in [-0.4, -0.2) is 16.7 Å². The van der Waals surface area contributed by atoms with Gasteiger partial charge in [-0.1, -0.05) is 22.8 Å². The fraction of sp³-hybridized carbons (Fsp3) is 0.200. The van der Waals surface area contributed by atoms with E-state index in [1.807, 2.05) is 18.2 Å². The van der Waals surface area contributed by atoms with Crippen molar-refractivity contribution in [2.45, 2.75) is 6.42 Å². The van der Waals surface area contributed by atoms with Crippen LogP contribution in [0.4, 0.5) is 0 Å². The van der Waals surface area contributed by atoms with Crippen molar-refractivity contribution < 1.29 is 4.52 Å². The van der Waals surface area contributed by atoms with Crippen LogP contribution in [0.2, 0.25) is 5.02 Å².